The van der Waals surface area contributed by atoms with E-state index in [9.17, 15) is 0 Å². The maximum Gasteiger partial charge on any atom is 0.231 e. The van der Waals surface area contributed by atoms with Crippen molar-refractivity contribution in [2.45, 2.75) is 12.8 Å². The van der Waals surface area contributed by atoms with E-state index in [0.29, 0.717) is 6.54 Å². The van der Waals surface area contributed by atoms with E-state index in [2.05, 4.69) is 4.99 Å². The van der Waals surface area contributed by atoms with Crippen molar-refractivity contribution < 1.29 is 14.2 Å². The lowest BCUT2D eigenvalue weighted by Gasteiger charge is -2.14. The summed E-state index contributed by atoms with van der Waals surface area (Å²) >= 11 is 0. The summed E-state index contributed by atoms with van der Waals surface area (Å²) in [6.07, 6.45) is 6.41. The molecule has 0 N–H and O–H groups in total. The number of fused-ring (bicyclic) bond motifs is 1. The second kappa shape index (κ2) is 4.30. The maximum atomic E-state index is 5.97. The van der Waals surface area contributed by atoms with E-state index >= 15 is 0 Å². The average molecular weight is 257 g/mol. The number of benzene rings is 1. The first-order valence-corrected chi connectivity index (χ1v) is 6.66. The fourth-order valence-electron chi connectivity index (χ4n) is 2.38. The quantitative estimate of drug-likeness (QED) is 0.832. The summed E-state index contributed by atoms with van der Waals surface area (Å²) < 4.78 is 17.0. The van der Waals surface area contributed by atoms with Gasteiger partial charge in [-0.15, -0.1) is 0 Å². The van der Waals surface area contributed by atoms with Gasteiger partial charge in [-0.25, -0.2) is 0 Å². The third-order valence-corrected chi connectivity index (χ3v) is 3.64. The van der Waals surface area contributed by atoms with Gasteiger partial charge in [0.05, 0.1) is 18.7 Å². The minimum atomic E-state index is 0.280. The number of hydrogen-bond acceptors (Lipinski definition) is 4. The monoisotopic (exact) mass is 257 g/mol. The van der Waals surface area contributed by atoms with Crippen LogP contribution in [0.25, 0.3) is 5.57 Å². The Morgan fingerprint density at radius 2 is 2.21 bits per heavy atom. The minimum absolute atomic E-state index is 0.280. The van der Waals surface area contributed by atoms with Crippen molar-refractivity contribution in [3.63, 3.8) is 0 Å². The van der Waals surface area contributed by atoms with Crippen LogP contribution in [0.4, 0.5) is 0 Å². The summed E-state index contributed by atoms with van der Waals surface area (Å²) in [7, 11) is 0. The molecule has 0 radical (unpaired) electrons. The Labute approximate surface area is 111 Å². The van der Waals surface area contributed by atoms with Crippen LogP contribution in [0.5, 0.6) is 17.2 Å². The van der Waals surface area contributed by atoms with Crippen LogP contribution in [0.3, 0.4) is 0 Å². The summed E-state index contributed by atoms with van der Waals surface area (Å²) in [5.74, 6) is 3.20. The number of ether oxygens (including phenoxy) is 3. The molecule has 2 heterocycles. The van der Waals surface area contributed by atoms with Crippen molar-refractivity contribution in [3.05, 3.63) is 23.8 Å². The highest BCUT2D eigenvalue weighted by Gasteiger charge is 2.27. The first-order valence-electron chi connectivity index (χ1n) is 6.66. The Balaban J connectivity index is 1.71. The zero-order valence-electron chi connectivity index (χ0n) is 10.6. The molecule has 1 aliphatic carbocycles. The molecular weight excluding hydrogens is 242 g/mol. The molecule has 19 heavy (non-hydrogen) atoms. The zero-order chi connectivity index (χ0) is 12.7. The molecule has 4 heteroatoms. The molecule has 0 amide bonds. The standard InChI is InChI=1S/C15H15NO3/c1-2-10(1)8-17-12-3-4-13-15(19-9-18-13)14(12)11-5-6-16-7-11/h3-6,10H,1-2,7-9H2. The smallest absolute Gasteiger partial charge is 0.231 e. The van der Waals surface area contributed by atoms with Crippen LogP contribution >= 0.6 is 0 Å². The fourth-order valence-corrected chi connectivity index (χ4v) is 2.38. The van der Waals surface area contributed by atoms with Crippen molar-refractivity contribution in [1.82, 2.24) is 0 Å². The third-order valence-electron chi connectivity index (χ3n) is 3.64. The zero-order valence-corrected chi connectivity index (χ0v) is 10.6. The van der Waals surface area contributed by atoms with E-state index in [0.717, 1.165) is 40.9 Å². The van der Waals surface area contributed by atoms with Gasteiger partial charge in [-0.2, -0.15) is 0 Å². The largest absolute Gasteiger partial charge is 0.493 e. The summed E-state index contributed by atoms with van der Waals surface area (Å²) in [6, 6.07) is 3.90. The molecule has 4 nitrogen and oxygen atoms in total. The van der Waals surface area contributed by atoms with Crippen molar-refractivity contribution in [1.29, 1.82) is 0 Å². The van der Waals surface area contributed by atoms with Gasteiger partial charge in [0.25, 0.3) is 0 Å². The van der Waals surface area contributed by atoms with E-state index in [1.165, 1.54) is 12.8 Å². The highest BCUT2D eigenvalue weighted by Crippen LogP contribution is 2.45. The normalized spacial score (nSPS) is 19.7. The van der Waals surface area contributed by atoms with Crippen molar-refractivity contribution in [2.75, 3.05) is 19.9 Å². The first kappa shape index (κ1) is 10.9. The van der Waals surface area contributed by atoms with Crippen molar-refractivity contribution in [3.8, 4) is 17.2 Å². The second-order valence-corrected chi connectivity index (χ2v) is 5.11. The van der Waals surface area contributed by atoms with Crippen LogP contribution in [-0.2, 0) is 0 Å². The Kier molecular flexibility index (Phi) is 2.47. The van der Waals surface area contributed by atoms with Crippen molar-refractivity contribution >= 4 is 11.8 Å². The predicted molar refractivity (Wildman–Crippen MR) is 72.1 cm³/mol. The van der Waals surface area contributed by atoms with Crippen LogP contribution in [0, 0.1) is 5.92 Å². The van der Waals surface area contributed by atoms with Gasteiger partial charge in [-0.3, -0.25) is 4.99 Å². The third kappa shape index (κ3) is 1.97. The molecule has 0 saturated heterocycles. The van der Waals surface area contributed by atoms with Crippen LogP contribution in [0.2, 0.25) is 0 Å². The molecule has 0 spiro atoms. The van der Waals surface area contributed by atoms with Gasteiger partial charge >= 0.3 is 0 Å². The van der Waals surface area contributed by atoms with Crippen LogP contribution in [0.1, 0.15) is 18.4 Å². The lowest BCUT2D eigenvalue weighted by atomic mass is 10.0. The Morgan fingerprint density at radius 1 is 1.26 bits per heavy atom. The van der Waals surface area contributed by atoms with Gasteiger partial charge in [-0.1, -0.05) is 0 Å². The van der Waals surface area contributed by atoms with E-state index in [-0.39, 0.29) is 6.79 Å². The molecule has 1 aromatic rings. The number of rotatable bonds is 4. The topological polar surface area (TPSA) is 40.0 Å². The summed E-state index contributed by atoms with van der Waals surface area (Å²) in [4.78, 5) is 4.25. The van der Waals surface area contributed by atoms with Gasteiger partial charge < -0.3 is 14.2 Å². The molecule has 0 bridgehead atoms. The number of hydrogen-bond donors (Lipinski definition) is 0. The molecule has 4 rings (SSSR count). The lowest BCUT2D eigenvalue weighted by Crippen LogP contribution is -2.03. The first-order chi connectivity index (χ1) is 9.42. The summed E-state index contributed by atoms with van der Waals surface area (Å²) in [5.41, 5.74) is 2.14. The molecule has 0 atom stereocenters. The molecule has 1 saturated carbocycles. The fraction of sp³-hybridized carbons (Fsp3) is 0.400. The highest BCUT2D eigenvalue weighted by molar-refractivity contribution is 5.93. The van der Waals surface area contributed by atoms with E-state index in [1.807, 2.05) is 24.4 Å². The molecule has 98 valence electrons. The van der Waals surface area contributed by atoms with Gasteiger partial charge in [0.1, 0.15) is 5.75 Å². The molecule has 0 unspecified atom stereocenters. The number of allylic oxidation sites excluding steroid dienone is 1. The Hall–Kier alpha value is -1.97. The average Bonchev–Trinajstić information content (AvgIpc) is 2.93. The van der Waals surface area contributed by atoms with Crippen LogP contribution < -0.4 is 14.2 Å². The lowest BCUT2D eigenvalue weighted by molar-refractivity contribution is 0.173. The van der Waals surface area contributed by atoms with Gasteiger partial charge in [-0.05, 0) is 42.5 Å². The van der Waals surface area contributed by atoms with Crippen LogP contribution in [0.15, 0.2) is 23.2 Å². The summed E-state index contributed by atoms with van der Waals surface area (Å²) in [6.45, 7) is 1.75. The molecule has 2 aliphatic heterocycles. The van der Waals surface area contributed by atoms with E-state index in [1.54, 1.807) is 0 Å². The molecule has 0 aromatic heterocycles. The summed E-state index contributed by atoms with van der Waals surface area (Å²) in [5, 5.41) is 0. The van der Waals surface area contributed by atoms with Gasteiger partial charge in [0.2, 0.25) is 6.79 Å². The second-order valence-electron chi connectivity index (χ2n) is 5.11. The predicted octanol–water partition coefficient (Wildman–Crippen LogP) is 2.67. The molecule has 3 aliphatic rings. The molecule has 1 aromatic carbocycles. The van der Waals surface area contributed by atoms with Crippen LogP contribution in [-0.4, -0.2) is 26.2 Å². The van der Waals surface area contributed by atoms with Gasteiger partial charge in [0, 0.05) is 6.21 Å². The van der Waals surface area contributed by atoms with Crippen molar-refractivity contribution in [2.24, 2.45) is 10.9 Å². The molecular formula is C15H15NO3. The highest BCUT2D eigenvalue weighted by atomic mass is 16.7. The van der Waals surface area contributed by atoms with E-state index in [4.69, 9.17) is 14.2 Å². The minimum Gasteiger partial charge on any atom is -0.493 e. The molecule has 1 fully saturated rings. The Morgan fingerprint density at radius 3 is 3.00 bits per heavy atom. The number of nitrogens with zero attached hydrogens (tertiary/aromatic N) is 1. The van der Waals surface area contributed by atoms with E-state index < -0.39 is 0 Å². The SMILES string of the molecule is C1=NCC(c2c(OCC3CC3)ccc3c2OCO3)=C1. The van der Waals surface area contributed by atoms with Gasteiger partial charge in [0.15, 0.2) is 11.5 Å². The Bertz CT molecular complexity index is 573. The maximum absolute atomic E-state index is 5.97. The number of aliphatic imine (C=N–C) groups is 1.